The van der Waals surface area contributed by atoms with Crippen molar-refractivity contribution in [2.24, 2.45) is 5.92 Å². The number of hydrogen-bond acceptors (Lipinski definition) is 3. The van der Waals surface area contributed by atoms with Gasteiger partial charge in [-0.3, -0.25) is 15.0 Å². The van der Waals surface area contributed by atoms with Crippen LogP contribution in [0.5, 0.6) is 0 Å². The van der Waals surface area contributed by atoms with Gasteiger partial charge in [-0.15, -0.1) is 24.8 Å². The number of amides is 1. The lowest BCUT2D eigenvalue weighted by molar-refractivity contribution is -0.136. The highest BCUT2D eigenvalue weighted by atomic mass is 35.5. The molecule has 2 saturated heterocycles. The van der Waals surface area contributed by atoms with Crippen molar-refractivity contribution >= 4 is 30.7 Å². The molecule has 24 heavy (non-hydrogen) atoms. The molecule has 8 heteroatoms. The Morgan fingerprint density at radius 2 is 1.62 bits per heavy atom. The maximum Gasteiger partial charge on any atom is 0.262 e. The Bertz CT molecular complexity index is 412. The van der Waals surface area contributed by atoms with Crippen LogP contribution in [0.15, 0.2) is 0 Å². The van der Waals surface area contributed by atoms with Crippen LogP contribution in [-0.2, 0) is 4.79 Å². The van der Waals surface area contributed by atoms with Crippen molar-refractivity contribution < 1.29 is 13.6 Å². The van der Waals surface area contributed by atoms with Crippen LogP contribution < -0.4 is 5.32 Å². The standard InChI is InChI=1S/C16H27F2N3O.2ClH/c1-12-2-4-13(5-3-12)20-6-8-21(9-7-20)15(22)14-10-16(17,18)11-19-14;;/h12-14,19H,2-11H2,1H3;2*1H. The lowest BCUT2D eigenvalue weighted by Crippen LogP contribution is -2.55. The van der Waals surface area contributed by atoms with E-state index in [0.29, 0.717) is 19.1 Å². The van der Waals surface area contributed by atoms with Gasteiger partial charge in [0.1, 0.15) is 0 Å². The topological polar surface area (TPSA) is 35.6 Å². The molecule has 0 radical (unpaired) electrons. The van der Waals surface area contributed by atoms with Gasteiger partial charge < -0.3 is 4.90 Å². The summed E-state index contributed by atoms with van der Waals surface area (Å²) in [7, 11) is 0. The van der Waals surface area contributed by atoms with Gasteiger partial charge in [0.2, 0.25) is 5.91 Å². The summed E-state index contributed by atoms with van der Waals surface area (Å²) in [5.41, 5.74) is 0. The Hall–Kier alpha value is -0.170. The SMILES string of the molecule is CC1CCC(N2CCN(C(=O)C3CC(F)(F)CN3)CC2)CC1.Cl.Cl. The first-order valence-corrected chi connectivity index (χ1v) is 8.59. The minimum absolute atomic E-state index is 0. The highest BCUT2D eigenvalue weighted by molar-refractivity contribution is 5.85. The zero-order valence-corrected chi connectivity index (χ0v) is 15.8. The number of nitrogens with one attached hydrogen (secondary N) is 1. The van der Waals surface area contributed by atoms with E-state index in [4.69, 9.17) is 0 Å². The van der Waals surface area contributed by atoms with Gasteiger partial charge in [-0.25, -0.2) is 8.78 Å². The van der Waals surface area contributed by atoms with Gasteiger partial charge in [0.25, 0.3) is 5.92 Å². The molecule has 1 aliphatic carbocycles. The number of piperazine rings is 1. The Kier molecular flexibility index (Phi) is 8.17. The first kappa shape index (κ1) is 21.9. The second-order valence-corrected chi connectivity index (χ2v) is 7.27. The summed E-state index contributed by atoms with van der Waals surface area (Å²) >= 11 is 0. The van der Waals surface area contributed by atoms with Crippen LogP contribution in [0.3, 0.4) is 0 Å². The molecule has 0 aromatic carbocycles. The number of halogens is 4. The van der Waals surface area contributed by atoms with Crippen molar-refractivity contribution in [3.8, 4) is 0 Å². The normalized spacial score (nSPS) is 33.5. The zero-order valence-electron chi connectivity index (χ0n) is 14.2. The van der Waals surface area contributed by atoms with Crippen LogP contribution >= 0.6 is 24.8 Å². The van der Waals surface area contributed by atoms with Gasteiger partial charge >= 0.3 is 0 Å². The molecule has 2 heterocycles. The Morgan fingerprint density at radius 1 is 1.04 bits per heavy atom. The summed E-state index contributed by atoms with van der Waals surface area (Å²) in [5, 5.41) is 2.67. The van der Waals surface area contributed by atoms with Crippen molar-refractivity contribution in [1.29, 1.82) is 0 Å². The van der Waals surface area contributed by atoms with Crippen molar-refractivity contribution in [2.45, 2.75) is 57.0 Å². The molecular weight excluding hydrogens is 359 g/mol. The molecule has 3 rings (SSSR count). The largest absolute Gasteiger partial charge is 0.339 e. The molecule has 3 aliphatic rings. The Balaban J connectivity index is 0.00000144. The van der Waals surface area contributed by atoms with E-state index in [1.165, 1.54) is 25.7 Å². The van der Waals surface area contributed by atoms with Crippen molar-refractivity contribution in [3.63, 3.8) is 0 Å². The quantitative estimate of drug-likeness (QED) is 0.790. The van der Waals surface area contributed by atoms with Crippen LogP contribution in [0.4, 0.5) is 8.78 Å². The summed E-state index contributed by atoms with van der Waals surface area (Å²) in [6.07, 6.45) is 4.75. The van der Waals surface area contributed by atoms with E-state index in [-0.39, 0.29) is 43.7 Å². The summed E-state index contributed by atoms with van der Waals surface area (Å²) in [6, 6.07) is -0.0422. The van der Waals surface area contributed by atoms with E-state index in [0.717, 1.165) is 19.0 Å². The van der Waals surface area contributed by atoms with Crippen LogP contribution in [0.2, 0.25) is 0 Å². The van der Waals surface area contributed by atoms with E-state index < -0.39 is 12.0 Å². The van der Waals surface area contributed by atoms with E-state index in [1.807, 2.05) is 0 Å². The first-order valence-electron chi connectivity index (χ1n) is 8.59. The number of carbonyl (C=O) groups excluding carboxylic acids is 1. The van der Waals surface area contributed by atoms with Gasteiger partial charge in [-0.05, 0) is 31.6 Å². The van der Waals surface area contributed by atoms with Crippen molar-refractivity contribution in [3.05, 3.63) is 0 Å². The molecule has 1 amide bonds. The molecule has 1 N–H and O–H groups in total. The molecule has 0 spiro atoms. The first-order chi connectivity index (χ1) is 10.4. The molecule has 2 aliphatic heterocycles. The maximum atomic E-state index is 13.2. The number of rotatable bonds is 2. The monoisotopic (exact) mass is 387 g/mol. The van der Waals surface area contributed by atoms with Crippen molar-refractivity contribution in [1.82, 2.24) is 15.1 Å². The molecule has 0 bridgehead atoms. The molecular formula is C16H29Cl2F2N3O. The molecule has 4 nitrogen and oxygen atoms in total. The highest BCUT2D eigenvalue weighted by Crippen LogP contribution is 2.29. The summed E-state index contributed by atoms with van der Waals surface area (Å²) in [5.74, 6) is -2.04. The molecule has 142 valence electrons. The average molecular weight is 388 g/mol. The molecule has 0 aromatic rings. The van der Waals surface area contributed by atoms with Crippen LogP contribution in [0.1, 0.15) is 39.0 Å². The number of nitrogens with zero attached hydrogens (tertiary/aromatic N) is 2. The third-order valence-corrected chi connectivity index (χ3v) is 5.54. The predicted molar refractivity (Wildman–Crippen MR) is 95.4 cm³/mol. The second kappa shape index (κ2) is 8.97. The van der Waals surface area contributed by atoms with E-state index in [2.05, 4.69) is 17.1 Å². The third-order valence-electron chi connectivity index (χ3n) is 5.54. The lowest BCUT2D eigenvalue weighted by atomic mass is 9.86. The molecule has 1 unspecified atom stereocenters. The summed E-state index contributed by atoms with van der Waals surface area (Å²) in [6.45, 7) is 5.06. The molecule has 3 fully saturated rings. The molecule has 1 atom stereocenters. The number of hydrogen-bond donors (Lipinski definition) is 1. The van der Waals surface area contributed by atoms with Gasteiger partial charge in [-0.1, -0.05) is 6.92 Å². The zero-order chi connectivity index (χ0) is 15.7. The minimum atomic E-state index is -2.74. The number of alkyl halides is 2. The summed E-state index contributed by atoms with van der Waals surface area (Å²) < 4.78 is 26.4. The van der Waals surface area contributed by atoms with Gasteiger partial charge in [0.15, 0.2) is 0 Å². The smallest absolute Gasteiger partial charge is 0.262 e. The maximum absolute atomic E-state index is 13.2. The van der Waals surface area contributed by atoms with Crippen LogP contribution in [0, 0.1) is 5.92 Å². The fourth-order valence-electron chi connectivity index (χ4n) is 4.03. The van der Waals surface area contributed by atoms with E-state index in [9.17, 15) is 13.6 Å². The summed E-state index contributed by atoms with van der Waals surface area (Å²) in [4.78, 5) is 16.6. The van der Waals surface area contributed by atoms with E-state index >= 15 is 0 Å². The average Bonchev–Trinajstić information content (AvgIpc) is 2.88. The van der Waals surface area contributed by atoms with E-state index in [1.54, 1.807) is 4.90 Å². The fraction of sp³-hybridized carbons (Fsp3) is 0.938. The van der Waals surface area contributed by atoms with Gasteiger partial charge in [-0.2, -0.15) is 0 Å². The van der Waals surface area contributed by atoms with Gasteiger partial charge in [0, 0.05) is 38.6 Å². The highest BCUT2D eigenvalue weighted by Gasteiger charge is 2.44. The number of carbonyl (C=O) groups is 1. The predicted octanol–water partition coefficient (Wildman–Crippen LogP) is 2.55. The van der Waals surface area contributed by atoms with Gasteiger partial charge in [0.05, 0.1) is 12.6 Å². The Labute approximate surface area is 155 Å². The third kappa shape index (κ3) is 5.16. The van der Waals surface area contributed by atoms with Crippen molar-refractivity contribution in [2.75, 3.05) is 32.7 Å². The lowest BCUT2D eigenvalue weighted by Gasteiger charge is -2.42. The molecule has 1 saturated carbocycles. The minimum Gasteiger partial charge on any atom is -0.339 e. The van der Waals surface area contributed by atoms with Crippen LogP contribution in [0.25, 0.3) is 0 Å². The second-order valence-electron chi connectivity index (χ2n) is 7.27. The Morgan fingerprint density at radius 3 is 2.12 bits per heavy atom. The van der Waals surface area contributed by atoms with Crippen LogP contribution in [-0.4, -0.2) is 66.4 Å². The molecule has 0 aromatic heterocycles. The fourth-order valence-corrected chi connectivity index (χ4v) is 4.03.